The highest BCUT2D eigenvalue weighted by Crippen LogP contribution is 2.35. The summed E-state index contributed by atoms with van der Waals surface area (Å²) in [5.74, 6) is -0.0688. The van der Waals surface area contributed by atoms with Gasteiger partial charge in [-0.15, -0.1) is 0 Å². The minimum atomic E-state index is -0.487. The lowest BCUT2D eigenvalue weighted by atomic mass is 9.86. The van der Waals surface area contributed by atoms with Crippen LogP contribution in [0.5, 0.6) is 0 Å². The Labute approximate surface area is 175 Å². The lowest BCUT2D eigenvalue weighted by Crippen LogP contribution is -2.46. The summed E-state index contributed by atoms with van der Waals surface area (Å²) >= 11 is 0. The first-order valence-electron chi connectivity index (χ1n) is 10.0. The third-order valence-electron chi connectivity index (χ3n) is 5.74. The molecule has 1 spiro atoms. The smallest absolute Gasteiger partial charge is 0.321 e. The number of amides is 4. The number of rotatable bonds is 2. The average molecular weight is 407 g/mol. The maximum atomic E-state index is 13.1. The lowest BCUT2D eigenvalue weighted by Gasteiger charge is -2.33. The number of nitrogens with one attached hydrogen (secondary N) is 1. The van der Waals surface area contributed by atoms with Crippen molar-refractivity contribution in [3.8, 4) is 0 Å². The SMILES string of the molecule is CN1CC2(CC1=O)CN(C(=O)Nc1ccccc1)CCN(C(=O)c1ccncc1)C2. The molecule has 8 nitrogen and oxygen atoms in total. The number of para-hydroxylation sites is 1. The maximum Gasteiger partial charge on any atom is 0.321 e. The zero-order valence-electron chi connectivity index (χ0n) is 17.0. The highest BCUT2D eigenvalue weighted by Gasteiger charge is 2.47. The molecule has 1 atom stereocenters. The van der Waals surface area contributed by atoms with E-state index in [1.165, 1.54) is 0 Å². The first kappa shape index (κ1) is 19.9. The number of hydrogen-bond donors (Lipinski definition) is 1. The summed E-state index contributed by atoms with van der Waals surface area (Å²) in [7, 11) is 1.77. The monoisotopic (exact) mass is 407 g/mol. The van der Waals surface area contributed by atoms with Crippen LogP contribution in [0.25, 0.3) is 0 Å². The van der Waals surface area contributed by atoms with Crippen LogP contribution in [0, 0.1) is 5.41 Å². The van der Waals surface area contributed by atoms with Crippen LogP contribution in [0.4, 0.5) is 10.5 Å². The second-order valence-corrected chi connectivity index (χ2v) is 8.11. The summed E-state index contributed by atoms with van der Waals surface area (Å²) in [6.07, 6.45) is 3.50. The molecule has 2 aliphatic rings. The van der Waals surface area contributed by atoms with Gasteiger partial charge in [0.1, 0.15) is 0 Å². The molecule has 1 N–H and O–H groups in total. The third kappa shape index (κ3) is 4.12. The molecule has 0 bridgehead atoms. The molecule has 0 aliphatic carbocycles. The van der Waals surface area contributed by atoms with Crippen LogP contribution in [0.2, 0.25) is 0 Å². The van der Waals surface area contributed by atoms with Gasteiger partial charge in [-0.1, -0.05) is 18.2 Å². The number of nitrogens with zero attached hydrogens (tertiary/aromatic N) is 4. The molecule has 0 saturated carbocycles. The van der Waals surface area contributed by atoms with Gasteiger partial charge < -0.3 is 20.0 Å². The quantitative estimate of drug-likeness (QED) is 0.824. The summed E-state index contributed by atoms with van der Waals surface area (Å²) in [4.78, 5) is 47.6. The van der Waals surface area contributed by atoms with Gasteiger partial charge in [-0.25, -0.2) is 4.79 Å². The molecule has 1 aromatic heterocycles. The van der Waals surface area contributed by atoms with Crippen molar-refractivity contribution >= 4 is 23.5 Å². The highest BCUT2D eigenvalue weighted by atomic mass is 16.2. The van der Waals surface area contributed by atoms with Crippen molar-refractivity contribution in [2.24, 2.45) is 5.41 Å². The molecule has 0 radical (unpaired) electrons. The minimum absolute atomic E-state index is 0.0385. The average Bonchev–Trinajstić information content (AvgIpc) is 2.91. The third-order valence-corrected chi connectivity index (χ3v) is 5.74. The summed E-state index contributed by atoms with van der Waals surface area (Å²) in [5, 5.41) is 2.92. The van der Waals surface area contributed by atoms with Crippen molar-refractivity contribution < 1.29 is 14.4 Å². The number of benzene rings is 1. The largest absolute Gasteiger partial charge is 0.345 e. The summed E-state index contributed by atoms with van der Waals surface area (Å²) in [6, 6.07) is 12.4. The molecule has 4 amide bonds. The van der Waals surface area contributed by atoms with Gasteiger partial charge >= 0.3 is 6.03 Å². The fourth-order valence-electron chi connectivity index (χ4n) is 4.32. The predicted octanol–water partition coefficient (Wildman–Crippen LogP) is 1.92. The van der Waals surface area contributed by atoms with E-state index < -0.39 is 5.41 Å². The number of hydrogen-bond acceptors (Lipinski definition) is 4. The number of pyridine rings is 1. The first-order chi connectivity index (χ1) is 14.5. The summed E-state index contributed by atoms with van der Waals surface area (Å²) < 4.78 is 0. The predicted molar refractivity (Wildman–Crippen MR) is 112 cm³/mol. The van der Waals surface area contributed by atoms with Gasteiger partial charge in [0.25, 0.3) is 5.91 Å². The van der Waals surface area contributed by atoms with E-state index in [2.05, 4.69) is 10.3 Å². The zero-order valence-corrected chi connectivity index (χ0v) is 17.0. The van der Waals surface area contributed by atoms with Crippen molar-refractivity contribution in [3.63, 3.8) is 0 Å². The van der Waals surface area contributed by atoms with Gasteiger partial charge in [0.15, 0.2) is 0 Å². The topological polar surface area (TPSA) is 85.9 Å². The van der Waals surface area contributed by atoms with Crippen molar-refractivity contribution in [1.29, 1.82) is 0 Å². The molecule has 1 aromatic carbocycles. The summed E-state index contributed by atoms with van der Waals surface area (Å²) in [5.41, 5.74) is 0.782. The Balaban J connectivity index is 1.57. The van der Waals surface area contributed by atoms with Gasteiger partial charge in [0.05, 0.1) is 0 Å². The standard InChI is InChI=1S/C22H25N5O3/c1-25-14-22(13-19(25)28)15-26(20(29)17-7-9-23-10-8-17)11-12-27(16-22)21(30)24-18-5-3-2-4-6-18/h2-10H,11-16H2,1H3,(H,24,30). The first-order valence-corrected chi connectivity index (χ1v) is 10.0. The zero-order chi connectivity index (χ0) is 21.1. The highest BCUT2D eigenvalue weighted by molar-refractivity contribution is 5.94. The van der Waals surface area contributed by atoms with Crippen molar-refractivity contribution in [2.75, 3.05) is 45.1 Å². The molecular formula is C22H25N5O3. The Hall–Kier alpha value is -3.42. The fourth-order valence-corrected chi connectivity index (χ4v) is 4.32. The Morgan fingerprint density at radius 2 is 1.63 bits per heavy atom. The van der Waals surface area contributed by atoms with E-state index in [-0.39, 0.29) is 17.8 Å². The van der Waals surface area contributed by atoms with Crippen LogP contribution < -0.4 is 5.32 Å². The maximum absolute atomic E-state index is 13.1. The van der Waals surface area contributed by atoms with E-state index in [1.54, 1.807) is 46.3 Å². The van der Waals surface area contributed by atoms with Crippen LogP contribution in [0.1, 0.15) is 16.8 Å². The second kappa shape index (κ2) is 8.14. The van der Waals surface area contributed by atoms with Crippen LogP contribution >= 0.6 is 0 Å². The van der Waals surface area contributed by atoms with E-state index in [4.69, 9.17) is 0 Å². The molecular weight excluding hydrogens is 382 g/mol. The molecule has 30 heavy (non-hydrogen) atoms. The lowest BCUT2D eigenvalue weighted by molar-refractivity contribution is -0.126. The van der Waals surface area contributed by atoms with Gasteiger partial charge in [0, 0.05) is 75.3 Å². The van der Waals surface area contributed by atoms with E-state index in [0.29, 0.717) is 50.4 Å². The molecule has 3 heterocycles. The molecule has 4 rings (SSSR count). The number of anilines is 1. The molecule has 8 heteroatoms. The second-order valence-electron chi connectivity index (χ2n) is 8.11. The Morgan fingerprint density at radius 1 is 0.967 bits per heavy atom. The number of likely N-dealkylation sites (tertiary alicyclic amines) is 1. The van der Waals surface area contributed by atoms with Crippen LogP contribution in [0.15, 0.2) is 54.9 Å². The van der Waals surface area contributed by atoms with Crippen molar-refractivity contribution in [2.45, 2.75) is 6.42 Å². The van der Waals surface area contributed by atoms with Crippen molar-refractivity contribution in [3.05, 3.63) is 60.4 Å². The van der Waals surface area contributed by atoms with Gasteiger partial charge in [-0.05, 0) is 24.3 Å². The van der Waals surface area contributed by atoms with E-state index >= 15 is 0 Å². The number of aromatic nitrogens is 1. The van der Waals surface area contributed by atoms with E-state index in [9.17, 15) is 14.4 Å². The fraction of sp³-hybridized carbons (Fsp3) is 0.364. The van der Waals surface area contributed by atoms with Crippen molar-refractivity contribution in [1.82, 2.24) is 19.7 Å². The molecule has 2 saturated heterocycles. The Bertz CT molecular complexity index is 936. The Kier molecular flexibility index (Phi) is 5.39. The van der Waals surface area contributed by atoms with Crippen LogP contribution in [-0.2, 0) is 4.79 Å². The van der Waals surface area contributed by atoms with Gasteiger partial charge in [-0.3, -0.25) is 14.6 Å². The van der Waals surface area contributed by atoms with E-state index in [1.807, 2.05) is 30.3 Å². The molecule has 156 valence electrons. The van der Waals surface area contributed by atoms with E-state index in [0.717, 1.165) is 0 Å². The number of carbonyl (C=O) groups is 3. The van der Waals surface area contributed by atoms with Gasteiger partial charge in [-0.2, -0.15) is 0 Å². The molecule has 2 aromatic rings. The number of urea groups is 1. The molecule has 1 unspecified atom stereocenters. The molecule has 2 aliphatic heterocycles. The molecule has 2 fully saturated rings. The van der Waals surface area contributed by atoms with Crippen LogP contribution in [0.3, 0.4) is 0 Å². The number of carbonyl (C=O) groups excluding carboxylic acids is 3. The minimum Gasteiger partial charge on any atom is -0.345 e. The summed E-state index contributed by atoms with van der Waals surface area (Å²) in [6.45, 7) is 2.17. The van der Waals surface area contributed by atoms with Crippen LogP contribution in [-0.4, -0.2) is 77.3 Å². The van der Waals surface area contributed by atoms with Gasteiger partial charge in [0.2, 0.25) is 5.91 Å². The normalized spacial score (nSPS) is 21.6. The Morgan fingerprint density at radius 3 is 2.30 bits per heavy atom.